The molecule has 2 atom stereocenters. The van der Waals surface area contributed by atoms with Crippen LogP contribution in [0.4, 0.5) is 5.69 Å². The number of rotatable bonds is 3. The van der Waals surface area contributed by atoms with Crippen molar-refractivity contribution >= 4 is 29.2 Å². The molecular formula is C11H10ClNO3. The van der Waals surface area contributed by atoms with Crippen molar-refractivity contribution in [1.29, 1.82) is 0 Å². The fourth-order valence-corrected chi connectivity index (χ4v) is 1.73. The zero-order valence-corrected chi connectivity index (χ0v) is 9.07. The Hall–Kier alpha value is -1.55. The van der Waals surface area contributed by atoms with Crippen molar-refractivity contribution in [2.75, 3.05) is 5.32 Å². The molecule has 0 bridgehead atoms. The molecule has 1 aromatic carbocycles. The van der Waals surface area contributed by atoms with Gasteiger partial charge in [0, 0.05) is 0 Å². The molecule has 0 heterocycles. The molecule has 2 unspecified atom stereocenters. The van der Waals surface area contributed by atoms with Crippen molar-refractivity contribution < 1.29 is 14.7 Å². The molecule has 4 nitrogen and oxygen atoms in total. The zero-order chi connectivity index (χ0) is 11.7. The third-order valence-corrected chi connectivity index (χ3v) is 2.91. The summed E-state index contributed by atoms with van der Waals surface area (Å²) >= 11 is 5.86. The van der Waals surface area contributed by atoms with Crippen molar-refractivity contribution in [1.82, 2.24) is 0 Å². The molecule has 1 aromatic rings. The maximum atomic E-state index is 11.6. The summed E-state index contributed by atoms with van der Waals surface area (Å²) in [5, 5.41) is 11.8. The van der Waals surface area contributed by atoms with Gasteiger partial charge in [0.15, 0.2) is 0 Å². The van der Waals surface area contributed by atoms with E-state index in [-0.39, 0.29) is 5.91 Å². The minimum absolute atomic E-state index is 0.277. The van der Waals surface area contributed by atoms with Gasteiger partial charge in [0.1, 0.15) is 0 Å². The number of benzene rings is 1. The van der Waals surface area contributed by atoms with Crippen molar-refractivity contribution in [2.24, 2.45) is 11.8 Å². The lowest BCUT2D eigenvalue weighted by molar-refractivity contribution is -0.139. The molecule has 1 saturated carbocycles. The van der Waals surface area contributed by atoms with Crippen LogP contribution in [0.5, 0.6) is 0 Å². The van der Waals surface area contributed by atoms with Crippen LogP contribution in [-0.2, 0) is 9.59 Å². The van der Waals surface area contributed by atoms with E-state index in [1.54, 1.807) is 24.3 Å². The van der Waals surface area contributed by atoms with E-state index in [0.29, 0.717) is 17.1 Å². The SMILES string of the molecule is O=C(O)C1CC1C(=O)Nc1ccccc1Cl. The van der Waals surface area contributed by atoms with Gasteiger partial charge in [-0.3, -0.25) is 9.59 Å². The lowest BCUT2D eigenvalue weighted by atomic mass is 10.2. The molecule has 0 aromatic heterocycles. The number of nitrogens with one attached hydrogen (secondary N) is 1. The lowest BCUT2D eigenvalue weighted by Crippen LogP contribution is -2.16. The van der Waals surface area contributed by atoms with Gasteiger partial charge in [-0.15, -0.1) is 0 Å². The van der Waals surface area contributed by atoms with E-state index in [9.17, 15) is 9.59 Å². The summed E-state index contributed by atoms with van der Waals surface area (Å²) in [4.78, 5) is 22.2. The fourth-order valence-electron chi connectivity index (χ4n) is 1.55. The fraction of sp³-hybridized carbons (Fsp3) is 0.273. The molecule has 84 valence electrons. The van der Waals surface area contributed by atoms with E-state index in [1.807, 2.05) is 0 Å². The average Bonchev–Trinajstić information content (AvgIpc) is 3.01. The summed E-state index contributed by atoms with van der Waals surface area (Å²) in [6.07, 6.45) is 0.408. The Morgan fingerprint density at radius 2 is 2.00 bits per heavy atom. The number of hydrogen-bond donors (Lipinski definition) is 2. The Morgan fingerprint density at radius 1 is 1.31 bits per heavy atom. The monoisotopic (exact) mass is 239 g/mol. The first-order chi connectivity index (χ1) is 7.59. The van der Waals surface area contributed by atoms with Gasteiger partial charge in [-0.25, -0.2) is 0 Å². The third-order valence-electron chi connectivity index (χ3n) is 2.58. The lowest BCUT2D eigenvalue weighted by Gasteiger charge is -2.05. The minimum atomic E-state index is -0.917. The minimum Gasteiger partial charge on any atom is -0.481 e. The number of carbonyl (C=O) groups is 2. The second-order valence-electron chi connectivity index (χ2n) is 3.76. The van der Waals surface area contributed by atoms with Gasteiger partial charge in [-0.05, 0) is 18.6 Å². The number of amides is 1. The number of carbonyl (C=O) groups excluding carboxylic acids is 1. The van der Waals surface area contributed by atoms with Gasteiger partial charge >= 0.3 is 5.97 Å². The molecule has 1 aliphatic carbocycles. The average molecular weight is 240 g/mol. The van der Waals surface area contributed by atoms with Crippen LogP contribution in [0, 0.1) is 11.8 Å². The Kier molecular flexibility index (Phi) is 2.83. The maximum Gasteiger partial charge on any atom is 0.307 e. The van der Waals surface area contributed by atoms with Crippen LogP contribution < -0.4 is 5.32 Å². The number of hydrogen-bond acceptors (Lipinski definition) is 2. The van der Waals surface area contributed by atoms with E-state index in [2.05, 4.69) is 5.32 Å². The molecule has 0 saturated heterocycles. The number of para-hydroxylation sites is 1. The first-order valence-electron chi connectivity index (χ1n) is 4.88. The first-order valence-corrected chi connectivity index (χ1v) is 5.25. The zero-order valence-electron chi connectivity index (χ0n) is 8.31. The van der Waals surface area contributed by atoms with Crippen molar-refractivity contribution in [3.05, 3.63) is 29.3 Å². The molecular weight excluding hydrogens is 230 g/mol. The molecule has 1 aliphatic rings. The number of carboxylic acid groups (broad SMARTS) is 1. The van der Waals surface area contributed by atoms with Gasteiger partial charge < -0.3 is 10.4 Å². The molecule has 2 rings (SSSR count). The van der Waals surface area contributed by atoms with Crippen LogP contribution in [-0.4, -0.2) is 17.0 Å². The van der Waals surface area contributed by atoms with Gasteiger partial charge in [0.25, 0.3) is 0 Å². The molecule has 0 aliphatic heterocycles. The smallest absolute Gasteiger partial charge is 0.307 e. The predicted octanol–water partition coefficient (Wildman–Crippen LogP) is 2.00. The summed E-state index contributed by atoms with van der Waals surface area (Å²) in [7, 11) is 0. The molecule has 2 N–H and O–H groups in total. The first kappa shape index (κ1) is 11.0. The van der Waals surface area contributed by atoms with Crippen LogP contribution in [0.15, 0.2) is 24.3 Å². The largest absolute Gasteiger partial charge is 0.481 e. The molecule has 1 fully saturated rings. The van der Waals surface area contributed by atoms with Gasteiger partial charge in [-0.1, -0.05) is 23.7 Å². The Labute approximate surface area is 97.2 Å². The van der Waals surface area contributed by atoms with E-state index >= 15 is 0 Å². The molecule has 5 heteroatoms. The molecule has 16 heavy (non-hydrogen) atoms. The standard InChI is InChI=1S/C11H10ClNO3/c12-8-3-1-2-4-9(8)13-10(14)6-5-7(6)11(15)16/h1-4,6-7H,5H2,(H,13,14)(H,15,16). The highest BCUT2D eigenvalue weighted by molar-refractivity contribution is 6.33. The van der Waals surface area contributed by atoms with Crippen molar-refractivity contribution in [3.63, 3.8) is 0 Å². The van der Waals surface area contributed by atoms with Crippen LogP contribution in [0.1, 0.15) is 6.42 Å². The van der Waals surface area contributed by atoms with Gasteiger partial charge in [0.05, 0.1) is 22.5 Å². The topological polar surface area (TPSA) is 66.4 Å². The number of aliphatic carboxylic acids is 1. The van der Waals surface area contributed by atoms with E-state index in [4.69, 9.17) is 16.7 Å². The Bertz CT molecular complexity index is 447. The molecule has 1 amide bonds. The van der Waals surface area contributed by atoms with Gasteiger partial charge in [0.2, 0.25) is 5.91 Å². The summed E-state index contributed by atoms with van der Waals surface area (Å²) in [6.45, 7) is 0. The number of carboxylic acids is 1. The molecule has 0 radical (unpaired) electrons. The second-order valence-corrected chi connectivity index (χ2v) is 4.16. The van der Waals surface area contributed by atoms with Crippen LogP contribution in [0.3, 0.4) is 0 Å². The Morgan fingerprint density at radius 3 is 2.56 bits per heavy atom. The van der Waals surface area contributed by atoms with E-state index in [1.165, 1.54) is 0 Å². The quantitative estimate of drug-likeness (QED) is 0.848. The predicted molar refractivity (Wildman–Crippen MR) is 59.3 cm³/mol. The van der Waals surface area contributed by atoms with Crippen LogP contribution in [0.2, 0.25) is 5.02 Å². The normalized spacial score (nSPS) is 22.6. The number of anilines is 1. The Balaban J connectivity index is 1.99. The van der Waals surface area contributed by atoms with Gasteiger partial charge in [-0.2, -0.15) is 0 Å². The van der Waals surface area contributed by atoms with Crippen LogP contribution >= 0.6 is 11.6 Å². The molecule has 0 spiro atoms. The van der Waals surface area contributed by atoms with Crippen molar-refractivity contribution in [2.45, 2.75) is 6.42 Å². The third kappa shape index (κ3) is 2.17. The van der Waals surface area contributed by atoms with Crippen molar-refractivity contribution in [3.8, 4) is 0 Å². The van der Waals surface area contributed by atoms with Crippen LogP contribution in [0.25, 0.3) is 0 Å². The van der Waals surface area contributed by atoms with E-state index in [0.717, 1.165) is 0 Å². The highest BCUT2D eigenvalue weighted by Gasteiger charge is 2.48. The summed E-state index contributed by atoms with van der Waals surface area (Å²) in [5.74, 6) is -2.16. The summed E-state index contributed by atoms with van der Waals surface area (Å²) < 4.78 is 0. The summed E-state index contributed by atoms with van der Waals surface area (Å²) in [5.41, 5.74) is 0.519. The second kappa shape index (κ2) is 4.14. The number of halogens is 1. The maximum absolute atomic E-state index is 11.6. The van der Waals surface area contributed by atoms with E-state index < -0.39 is 17.8 Å². The highest BCUT2D eigenvalue weighted by Crippen LogP contribution is 2.39. The highest BCUT2D eigenvalue weighted by atomic mass is 35.5. The summed E-state index contributed by atoms with van der Waals surface area (Å²) in [6, 6.07) is 6.86.